The average Bonchev–Trinajstić information content (AvgIpc) is 2.71. The Kier molecular flexibility index (Phi) is 3.71. The molecule has 1 aliphatic rings. The third kappa shape index (κ3) is 2.50. The van der Waals surface area contributed by atoms with Gasteiger partial charge in [0.05, 0.1) is 18.0 Å². The molecule has 16 heavy (non-hydrogen) atoms. The van der Waals surface area contributed by atoms with Gasteiger partial charge in [0.25, 0.3) is 0 Å². The van der Waals surface area contributed by atoms with Crippen molar-refractivity contribution in [1.82, 2.24) is 0 Å². The summed E-state index contributed by atoms with van der Waals surface area (Å²) in [4.78, 5) is 2.34. The summed E-state index contributed by atoms with van der Waals surface area (Å²) in [6.07, 6.45) is 1.18. The second kappa shape index (κ2) is 5.06. The quantitative estimate of drug-likeness (QED) is 0.867. The minimum absolute atomic E-state index is 0.628. The summed E-state index contributed by atoms with van der Waals surface area (Å²) < 4.78 is 6.27. The van der Waals surface area contributed by atoms with E-state index in [1.165, 1.54) is 6.42 Å². The molecule has 0 amide bonds. The molecule has 0 radical (unpaired) electrons. The van der Waals surface area contributed by atoms with E-state index < -0.39 is 0 Å². The van der Waals surface area contributed by atoms with E-state index >= 15 is 0 Å². The first-order chi connectivity index (χ1) is 7.70. The number of nitrogens with zero attached hydrogens (tertiary/aromatic N) is 1. The van der Waals surface area contributed by atoms with Crippen LogP contribution in [0.15, 0.2) is 22.7 Å². The lowest BCUT2D eigenvalue weighted by molar-refractivity contribution is 0.161. The molecular weight excluding hydrogens is 268 g/mol. The number of nitrogens with two attached hydrogens (primary N) is 1. The summed E-state index contributed by atoms with van der Waals surface area (Å²) in [6.45, 7) is 2.94. The van der Waals surface area contributed by atoms with E-state index in [4.69, 9.17) is 10.5 Å². The van der Waals surface area contributed by atoms with Crippen molar-refractivity contribution in [2.75, 3.05) is 37.4 Å². The fourth-order valence-electron chi connectivity index (χ4n) is 2.21. The van der Waals surface area contributed by atoms with Crippen molar-refractivity contribution in [2.45, 2.75) is 6.42 Å². The number of rotatable bonds is 3. The van der Waals surface area contributed by atoms with Gasteiger partial charge in [-0.3, -0.25) is 0 Å². The molecule has 2 rings (SSSR count). The van der Waals surface area contributed by atoms with Gasteiger partial charge < -0.3 is 15.4 Å². The summed E-state index contributed by atoms with van der Waals surface area (Å²) in [5, 5.41) is 0. The monoisotopic (exact) mass is 284 g/mol. The third-order valence-electron chi connectivity index (χ3n) is 3.02. The van der Waals surface area contributed by atoms with Crippen LogP contribution in [0, 0.1) is 5.92 Å². The number of hydrogen-bond donors (Lipinski definition) is 1. The molecule has 1 atom stereocenters. The van der Waals surface area contributed by atoms with Gasteiger partial charge in [0.2, 0.25) is 0 Å². The van der Waals surface area contributed by atoms with Crippen LogP contribution in [-0.4, -0.2) is 26.8 Å². The Morgan fingerprint density at radius 1 is 1.56 bits per heavy atom. The second-order valence-electron chi connectivity index (χ2n) is 4.26. The van der Waals surface area contributed by atoms with E-state index in [9.17, 15) is 0 Å². The van der Waals surface area contributed by atoms with Crippen LogP contribution in [0.2, 0.25) is 0 Å². The molecule has 88 valence electrons. The lowest BCUT2D eigenvalue weighted by atomic mass is 10.1. The molecule has 1 heterocycles. The Hall–Kier alpha value is -0.740. The maximum Gasteiger partial charge on any atom is 0.0611 e. The van der Waals surface area contributed by atoms with E-state index in [0.29, 0.717) is 5.92 Å². The Labute approximate surface area is 105 Å². The van der Waals surface area contributed by atoms with Crippen LogP contribution in [0.5, 0.6) is 0 Å². The van der Waals surface area contributed by atoms with E-state index in [1.807, 2.05) is 12.1 Å². The lowest BCUT2D eigenvalue weighted by Crippen LogP contribution is -2.22. The molecule has 1 saturated heterocycles. The minimum atomic E-state index is 0.628. The standard InChI is InChI=1S/C12H17BrN2O/c1-16-8-9-4-5-15(7-9)12-6-10(13)2-3-11(12)14/h2-3,6,9H,4-5,7-8,14H2,1H3. The van der Waals surface area contributed by atoms with Crippen LogP contribution >= 0.6 is 15.9 Å². The number of benzene rings is 1. The molecule has 1 aromatic carbocycles. The number of nitrogen functional groups attached to an aromatic ring is 1. The SMILES string of the molecule is COCC1CCN(c2cc(Br)ccc2N)C1. The van der Waals surface area contributed by atoms with Crippen molar-refractivity contribution >= 4 is 27.3 Å². The minimum Gasteiger partial charge on any atom is -0.397 e. The zero-order valence-corrected chi connectivity index (χ0v) is 11.0. The van der Waals surface area contributed by atoms with E-state index in [1.54, 1.807) is 7.11 Å². The summed E-state index contributed by atoms with van der Waals surface area (Å²) in [5.41, 5.74) is 7.98. The van der Waals surface area contributed by atoms with Crippen LogP contribution in [0.25, 0.3) is 0 Å². The predicted molar refractivity (Wildman–Crippen MR) is 70.8 cm³/mol. The third-order valence-corrected chi connectivity index (χ3v) is 3.51. The molecule has 1 fully saturated rings. The van der Waals surface area contributed by atoms with Gasteiger partial charge in [-0.15, -0.1) is 0 Å². The second-order valence-corrected chi connectivity index (χ2v) is 5.17. The summed E-state index contributed by atoms with van der Waals surface area (Å²) in [6, 6.07) is 6.01. The first-order valence-corrected chi connectivity index (χ1v) is 6.29. The first kappa shape index (κ1) is 11.7. The molecule has 0 aliphatic carbocycles. The van der Waals surface area contributed by atoms with E-state index in [-0.39, 0.29) is 0 Å². The van der Waals surface area contributed by atoms with Crippen LogP contribution in [0.3, 0.4) is 0 Å². The molecular formula is C12H17BrN2O. The van der Waals surface area contributed by atoms with Crippen molar-refractivity contribution < 1.29 is 4.74 Å². The smallest absolute Gasteiger partial charge is 0.0611 e. The highest BCUT2D eigenvalue weighted by Gasteiger charge is 2.23. The number of ether oxygens (including phenoxy) is 1. The Morgan fingerprint density at radius 3 is 3.12 bits per heavy atom. The maximum atomic E-state index is 5.99. The molecule has 0 spiro atoms. The molecule has 1 unspecified atom stereocenters. The molecule has 4 heteroatoms. The van der Waals surface area contributed by atoms with Gasteiger partial charge in [-0.2, -0.15) is 0 Å². The first-order valence-electron chi connectivity index (χ1n) is 5.49. The number of anilines is 2. The zero-order valence-electron chi connectivity index (χ0n) is 9.45. The Bertz CT molecular complexity index is 370. The maximum absolute atomic E-state index is 5.99. The summed E-state index contributed by atoms with van der Waals surface area (Å²) in [7, 11) is 1.76. The van der Waals surface area contributed by atoms with Crippen molar-refractivity contribution in [3.63, 3.8) is 0 Å². The van der Waals surface area contributed by atoms with Gasteiger partial charge in [0.15, 0.2) is 0 Å². The van der Waals surface area contributed by atoms with Crippen molar-refractivity contribution in [3.05, 3.63) is 22.7 Å². The highest BCUT2D eigenvalue weighted by molar-refractivity contribution is 9.10. The molecule has 2 N–H and O–H groups in total. The molecule has 1 aliphatic heterocycles. The van der Waals surface area contributed by atoms with Gasteiger partial charge >= 0.3 is 0 Å². The number of hydrogen-bond acceptors (Lipinski definition) is 3. The molecule has 0 aromatic heterocycles. The number of halogens is 1. The van der Waals surface area contributed by atoms with Gasteiger partial charge in [0.1, 0.15) is 0 Å². The predicted octanol–water partition coefficient (Wildman–Crippen LogP) is 2.50. The van der Waals surface area contributed by atoms with E-state index in [0.717, 1.165) is 35.5 Å². The van der Waals surface area contributed by atoms with Gasteiger partial charge in [-0.25, -0.2) is 0 Å². The lowest BCUT2D eigenvalue weighted by Gasteiger charge is -2.20. The highest BCUT2D eigenvalue weighted by atomic mass is 79.9. The Balaban J connectivity index is 2.11. The topological polar surface area (TPSA) is 38.5 Å². The highest BCUT2D eigenvalue weighted by Crippen LogP contribution is 2.31. The molecule has 1 aromatic rings. The Morgan fingerprint density at radius 2 is 2.38 bits per heavy atom. The van der Waals surface area contributed by atoms with Crippen molar-refractivity contribution in [2.24, 2.45) is 5.92 Å². The van der Waals surface area contributed by atoms with Crippen molar-refractivity contribution in [3.8, 4) is 0 Å². The molecule has 0 saturated carbocycles. The van der Waals surface area contributed by atoms with Crippen LogP contribution < -0.4 is 10.6 Å². The van der Waals surface area contributed by atoms with Crippen molar-refractivity contribution in [1.29, 1.82) is 0 Å². The fraction of sp³-hybridized carbons (Fsp3) is 0.500. The average molecular weight is 285 g/mol. The molecule has 0 bridgehead atoms. The normalized spacial score (nSPS) is 20.4. The largest absolute Gasteiger partial charge is 0.397 e. The fourth-order valence-corrected chi connectivity index (χ4v) is 2.56. The van der Waals surface area contributed by atoms with Crippen LogP contribution in [0.1, 0.15) is 6.42 Å². The number of methoxy groups -OCH3 is 1. The van der Waals surface area contributed by atoms with Gasteiger partial charge in [0, 0.05) is 30.6 Å². The van der Waals surface area contributed by atoms with Crippen LogP contribution in [-0.2, 0) is 4.74 Å². The van der Waals surface area contributed by atoms with Gasteiger partial charge in [-0.05, 0) is 24.6 Å². The zero-order chi connectivity index (χ0) is 11.5. The summed E-state index contributed by atoms with van der Waals surface area (Å²) >= 11 is 3.48. The summed E-state index contributed by atoms with van der Waals surface area (Å²) in [5.74, 6) is 0.628. The molecule has 3 nitrogen and oxygen atoms in total. The van der Waals surface area contributed by atoms with E-state index in [2.05, 4.69) is 26.9 Å². The van der Waals surface area contributed by atoms with Gasteiger partial charge in [-0.1, -0.05) is 15.9 Å². The van der Waals surface area contributed by atoms with Crippen LogP contribution in [0.4, 0.5) is 11.4 Å².